The lowest BCUT2D eigenvalue weighted by Crippen LogP contribution is -2.17. The molecule has 2 fully saturated rings. The number of thioether (sulfide) groups is 1. The summed E-state index contributed by atoms with van der Waals surface area (Å²) in [5, 5.41) is 9.31. The number of hydrogen-bond donors (Lipinski definition) is 1. The average molecular weight is 403 g/mol. The van der Waals surface area contributed by atoms with Crippen LogP contribution in [0.2, 0.25) is 0 Å². The number of rotatable bonds is 8. The topological polar surface area (TPSA) is 89.9 Å². The Bertz CT molecular complexity index is 924. The molecule has 0 amide bonds. The van der Waals surface area contributed by atoms with Gasteiger partial charge in [-0.05, 0) is 58.9 Å². The van der Waals surface area contributed by atoms with Gasteiger partial charge in [-0.1, -0.05) is 11.8 Å². The van der Waals surface area contributed by atoms with Crippen LogP contribution in [0.5, 0.6) is 0 Å². The van der Waals surface area contributed by atoms with Crippen molar-refractivity contribution in [2.45, 2.75) is 75.7 Å². The number of hydrogen-bond acceptors (Lipinski definition) is 6. The van der Waals surface area contributed by atoms with Gasteiger partial charge < -0.3 is 14.3 Å². The molecule has 4 rings (SSSR count). The fourth-order valence-electron chi connectivity index (χ4n) is 3.59. The highest BCUT2D eigenvalue weighted by Gasteiger charge is 2.37. The minimum atomic E-state index is -0.393. The van der Waals surface area contributed by atoms with E-state index < -0.39 is 5.97 Å². The lowest BCUT2D eigenvalue weighted by molar-refractivity contribution is 0.0525. The fourth-order valence-corrected chi connectivity index (χ4v) is 4.57. The average Bonchev–Trinajstić information content (AvgIpc) is 3.58. The summed E-state index contributed by atoms with van der Waals surface area (Å²) in [7, 11) is 0. The molecule has 0 unspecified atom stereocenters. The second-order valence-electron chi connectivity index (χ2n) is 7.69. The number of Topliss-reactive ketones (excluding diaryl/α,β-unsaturated/α-hetero) is 1. The van der Waals surface area contributed by atoms with Gasteiger partial charge >= 0.3 is 5.97 Å². The number of esters is 1. The summed E-state index contributed by atoms with van der Waals surface area (Å²) < 4.78 is 7.37. The molecule has 8 heteroatoms. The van der Waals surface area contributed by atoms with Crippen molar-refractivity contribution >= 4 is 23.5 Å². The van der Waals surface area contributed by atoms with Crippen LogP contribution >= 0.6 is 11.8 Å². The summed E-state index contributed by atoms with van der Waals surface area (Å²) >= 11 is 1.45. The predicted molar refractivity (Wildman–Crippen MR) is 106 cm³/mol. The zero-order valence-electron chi connectivity index (χ0n) is 16.7. The molecule has 0 radical (unpaired) electrons. The molecule has 1 N–H and O–H groups in total. The Labute approximate surface area is 168 Å². The number of H-pyrrole nitrogens is 1. The highest BCUT2D eigenvalue weighted by molar-refractivity contribution is 8.00. The first kappa shape index (κ1) is 19.2. The number of ether oxygens (including phenoxy) is 1. The van der Waals surface area contributed by atoms with Gasteiger partial charge in [0.25, 0.3) is 0 Å². The number of carbonyl (C=O) groups excluding carboxylic acids is 2. The third kappa shape index (κ3) is 3.50. The number of aromatic nitrogens is 4. The smallest absolute Gasteiger partial charge is 0.340 e. The van der Waals surface area contributed by atoms with E-state index in [-0.39, 0.29) is 11.0 Å². The van der Waals surface area contributed by atoms with Crippen LogP contribution in [0.3, 0.4) is 0 Å². The SMILES string of the molecule is CCOC(=O)c1c(C)[nH]c(C(=O)[C@H](C)Sc2nnc(C3CC3)n2C2CC2)c1C. The third-order valence-corrected chi connectivity index (χ3v) is 6.42. The second-order valence-corrected chi connectivity index (χ2v) is 8.99. The molecule has 2 heterocycles. The Morgan fingerprint density at radius 3 is 2.57 bits per heavy atom. The van der Waals surface area contributed by atoms with E-state index in [2.05, 4.69) is 19.7 Å². The van der Waals surface area contributed by atoms with Crippen LogP contribution < -0.4 is 0 Å². The quantitative estimate of drug-likeness (QED) is 0.408. The van der Waals surface area contributed by atoms with Crippen LogP contribution in [0, 0.1) is 13.8 Å². The zero-order valence-corrected chi connectivity index (χ0v) is 17.6. The van der Waals surface area contributed by atoms with E-state index in [1.165, 1.54) is 24.6 Å². The molecule has 0 saturated heterocycles. The number of carbonyl (C=O) groups is 2. The maximum Gasteiger partial charge on any atom is 0.340 e. The van der Waals surface area contributed by atoms with E-state index in [4.69, 9.17) is 4.74 Å². The number of ketones is 1. The van der Waals surface area contributed by atoms with Gasteiger partial charge in [0.1, 0.15) is 5.82 Å². The monoisotopic (exact) mass is 402 g/mol. The van der Waals surface area contributed by atoms with E-state index in [1.807, 2.05) is 6.92 Å². The molecule has 0 spiro atoms. The van der Waals surface area contributed by atoms with Gasteiger partial charge in [0.2, 0.25) is 0 Å². The van der Waals surface area contributed by atoms with E-state index in [0.717, 1.165) is 23.8 Å². The molecule has 0 bridgehead atoms. The van der Waals surface area contributed by atoms with Crippen molar-refractivity contribution in [1.29, 1.82) is 0 Å². The first-order valence-electron chi connectivity index (χ1n) is 9.94. The van der Waals surface area contributed by atoms with Gasteiger partial charge in [0, 0.05) is 17.7 Å². The first-order chi connectivity index (χ1) is 13.4. The van der Waals surface area contributed by atoms with Crippen molar-refractivity contribution in [3.05, 3.63) is 28.3 Å². The molecule has 1 atom stereocenters. The largest absolute Gasteiger partial charge is 0.462 e. The predicted octanol–water partition coefficient (Wildman–Crippen LogP) is 3.98. The minimum absolute atomic E-state index is 0.0422. The van der Waals surface area contributed by atoms with Gasteiger partial charge in [-0.3, -0.25) is 4.79 Å². The summed E-state index contributed by atoms with van der Waals surface area (Å²) in [6.45, 7) is 7.54. The second kappa shape index (κ2) is 7.39. The number of nitrogens with one attached hydrogen (secondary N) is 1. The van der Waals surface area contributed by atoms with Gasteiger partial charge in [-0.2, -0.15) is 0 Å². The lowest BCUT2D eigenvalue weighted by Gasteiger charge is -2.12. The Hall–Kier alpha value is -2.09. The standard InChI is InChI=1S/C20H26N4O3S/c1-5-27-19(26)15-10(2)16(21-11(15)3)17(25)12(4)28-20-23-22-18(13-6-7-13)24(20)14-8-9-14/h12-14,21H,5-9H2,1-4H3/t12-/m0/s1. The van der Waals surface area contributed by atoms with E-state index >= 15 is 0 Å². The molecule has 2 aromatic rings. The minimum Gasteiger partial charge on any atom is -0.462 e. The number of aromatic amines is 1. The first-order valence-corrected chi connectivity index (χ1v) is 10.8. The molecular formula is C20H26N4O3S. The third-order valence-electron chi connectivity index (χ3n) is 5.36. The molecule has 2 saturated carbocycles. The maximum absolute atomic E-state index is 13.1. The summed E-state index contributed by atoms with van der Waals surface area (Å²) in [6, 6.07) is 0.486. The molecule has 150 valence electrons. The van der Waals surface area contributed by atoms with Crippen molar-refractivity contribution < 1.29 is 14.3 Å². The Morgan fingerprint density at radius 1 is 1.25 bits per heavy atom. The Morgan fingerprint density at radius 2 is 1.96 bits per heavy atom. The number of nitrogens with zero attached hydrogens (tertiary/aromatic N) is 3. The molecular weight excluding hydrogens is 376 g/mol. The molecule has 2 aliphatic carbocycles. The highest BCUT2D eigenvalue weighted by atomic mass is 32.2. The van der Waals surface area contributed by atoms with E-state index in [0.29, 0.717) is 41.1 Å². The summed E-state index contributed by atoms with van der Waals surface area (Å²) in [4.78, 5) is 28.4. The maximum atomic E-state index is 13.1. The normalized spacial score (nSPS) is 17.6. The Balaban J connectivity index is 1.55. The highest BCUT2D eigenvalue weighted by Crippen LogP contribution is 2.46. The van der Waals surface area contributed by atoms with Gasteiger partial charge in [0.05, 0.1) is 23.1 Å². The van der Waals surface area contributed by atoms with Crippen molar-refractivity contribution in [2.24, 2.45) is 0 Å². The van der Waals surface area contributed by atoms with Gasteiger partial charge in [-0.25, -0.2) is 4.79 Å². The van der Waals surface area contributed by atoms with E-state index in [9.17, 15) is 9.59 Å². The van der Waals surface area contributed by atoms with Crippen molar-refractivity contribution in [1.82, 2.24) is 19.7 Å². The van der Waals surface area contributed by atoms with E-state index in [1.54, 1.807) is 20.8 Å². The zero-order chi connectivity index (χ0) is 20.0. The fraction of sp³-hybridized carbons (Fsp3) is 0.600. The van der Waals surface area contributed by atoms with Gasteiger partial charge in [-0.15, -0.1) is 10.2 Å². The Kier molecular flexibility index (Phi) is 5.07. The summed E-state index contributed by atoms with van der Waals surface area (Å²) in [6.07, 6.45) is 4.68. The summed E-state index contributed by atoms with van der Waals surface area (Å²) in [5.41, 5.74) is 2.24. The summed E-state index contributed by atoms with van der Waals surface area (Å²) in [5.74, 6) is 1.19. The van der Waals surface area contributed by atoms with Gasteiger partial charge in [0.15, 0.2) is 10.9 Å². The van der Waals surface area contributed by atoms with Crippen LogP contribution in [-0.4, -0.2) is 43.4 Å². The van der Waals surface area contributed by atoms with Crippen LogP contribution in [-0.2, 0) is 4.74 Å². The van der Waals surface area contributed by atoms with Crippen molar-refractivity contribution in [2.75, 3.05) is 6.61 Å². The van der Waals surface area contributed by atoms with Crippen molar-refractivity contribution in [3.8, 4) is 0 Å². The molecule has 2 aliphatic rings. The van der Waals surface area contributed by atoms with Crippen LogP contribution in [0.25, 0.3) is 0 Å². The van der Waals surface area contributed by atoms with Crippen molar-refractivity contribution in [3.63, 3.8) is 0 Å². The molecule has 7 nitrogen and oxygen atoms in total. The lowest BCUT2D eigenvalue weighted by atomic mass is 10.1. The van der Waals surface area contributed by atoms with Crippen LogP contribution in [0.1, 0.15) is 89.4 Å². The van der Waals surface area contributed by atoms with Crippen LogP contribution in [0.15, 0.2) is 5.16 Å². The molecule has 0 aliphatic heterocycles. The number of aryl methyl sites for hydroxylation is 1. The molecule has 2 aromatic heterocycles. The molecule has 28 heavy (non-hydrogen) atoms. The molecule has 0 aromatic carbocycles. The van der Waals surface area contributed by atoms with Crippen LogP contribution in [0.4, 0.5) is 0 Å².